The summed E-state index contributed by atoms with van der Waals surface area (Å²) in [6.07, 6.45) is 3.84. The smallest absolute Gasteiger partial charge is 0.264 e. The SMILES string of the molecule is Cc1ccc(S(=O)(=O)N(CC(=O)NN=C2CCCC2)c2cccc(Cl)c2C)cc1. The zero-order valence-electron chi connectivity index (χ0n) is 16.5. The third kappa shape index (κ3) is 4.97. The van der Waals surface area contributed by atoms with Crippen molar-refractivity contribution in [2.75, 3.05) is 10.8 Å². The first kappa shape index (κ1) is 21.3. The lowest BCUT2D eigenvalue weighted by Gasteiger charge is -2.25. The molecule has 29 heavy (non-hydrogen) atoms. The van der Waals surface area contributed by atoms with Gasteiger partial charge in [0, 0.05) is 10.7 Å². The van der Waals surface area contributed by atoms with Crippen LogP contribution < -0.4 is 9.73 Å². The van der Waals surface area contributed by atoms with Crippen molar-refractivity contribution in [3.63, 3.8) is 0 Å². The second kappa shape index (κ2) is 8.97. The van der Waals surface area contributed by atoms with Crippen LogP contribution in [0.4, 0.5) is 5.69 Å². The molecule has 1 N–H and O–H groups in total. The van der Waals surface area contributed by atoms with Gasteiger partial charge in [-0.15, -0.1) is 0 Å². The Balaban J connectivity index is 1.95. The van der Waals surface area contributed by atoms with E-state index in [9.17, 15) is 13.2 Å². The third-order valence-corrected chi connectivity index (χ3v) is 7.11. The number of halogens is 1. The molecule has 154 valence electrons. The predicted octanol–water partition coefficient (Wildman–Crippen LogP) is 4.20. The fourth-order valence-electron chi connectivity index (χ4n) is 3.21. The fraction of sp³-hybridized carbons (Fsp3) is 0.333. The summed E-state index contributed by atoms with van der Waals surface area (Å²) in [6, 6.07) is 11.5. The lowest BCUT2D eigenvalue weighted by molar-refractivity contribution is -0.119. The van der Waals surface area contributed by atoms with Gasteiger partial charge in [0.15, 0.2) is 0 Å². The summed E-state index contributed by atoms with van der Waals surface area (Å²) in [5, 5.41) is 4.57. The van der Waals surface area contributed by atoms with Crippen molar-refractivity contribution in [3.8, 4) is 0 Å². The van der Waals surface area contributed by atoms with E-state index >= 15 is 0 Å². The van der Waals surface area contributed by atoms with Crippen molar-refractivity contribution < 1.29 is 13.2 Å². The minimum absolute atomic E-state index is 0.109. The van der Waals surface area contributed by atoms with Crippen molar-refractivity contribution in [3.05, 3.63) is 58.6 Å². The van der Waals surface area contributed by atoms with Gasteiger partial charge in [-0.05, 0) is 69.4 Å². The van der Waals surface area contributed by atoms with E-state index in [1.165, 1.54) is 12.1 Å². The van der Waals surface area contributed by atoms with Crippen molar-refractivity contribution >= 4 is 38.9 Å². The Morgan fingerprint density at radius 1 is 1.10 bits per heavy atom. The van der Waals surface area contributed by atoms with E-state index in [4.69, 9.17) is 11.6 Å². The Morgan fingerprint density at radius 3 is 2.41 bits per heavy atom. The van der Waals surface area contributed by atoms with Crippen LogP contribution in [0.1, 0.15) is 36.8 Å². The number of hydrazone groups is 1. The largest absolute Gasteiger partial charge is 0.271 e. The van der Waals surface area contributed by atoms with Crippen LogP contribution in [0.5, 0.6) is 0 Å². The summed E-state index contributed by atoms with van der Waals surface area (Å²) in [6.45, 7) is 3.21. The second-order valence-corrected chi connectivity index (χ2v) is 9.40. The number of carbonyl (C=O) groups is 1. The molecule has 1 saturated carbocycles. The lowest BCUT2D eigenvalue weighted by Crippen LogP contribution is -2.40. The van der Waals surface area contributed by atoms with Gasteiger partial charge >= 0.3 is 0 Å². The predicted molar refractivity (Wildman–Crippen MR) is 116 cm³/mol. The molecule has 1 fully saturated rings. The van der Waals surface area contributed by atoms with Crippen molar-refractivity contribution in [1.29, 1.82) is 0 Å². The molecular weight excluding hydrogens is 410 g/mol. The quantitative estimate of drug-likeness (QED) is 0.693. The average molecular weight is 434 g/mol. The molecule has 1 amide bonds. The minimum atomic E-state index is -3.98. The zero-order valence-corrected chi connectivity index (χ0v) is 18.1. The van der Waals surface area contributed by atoms with Crippen LogP contribution in [0.25, 0.3) is 0 Å². The molecule has 0 spiro atoms. The number of carbonyl (C=O) groups excluding carboxylic acids is 1. The summed E-state index contributed by atoms with van der Waals surface area (Å²) in [5.41, 5.74) is 5.33. The third-order valence-electron chi connectivity index (χ3n) is 4.92. The summed E-state index contributed by atoms with van der Waals surface area (Å²) < 4.78 is 27.8. The Bertz CT molecular complexity index is 1030. The molecule has 0 bridgehead atoms. The van der Waals surface area contributed by atoms with Gasteiger partial charge in [0.1, 0.15) is 6.54 Å². The van der Waals surface area contributed by atoms with E-state index in [1.54, 1.807) is 37.3 Å². The molecule has 2 aromatic carbocycles. The minimum Gasteiger partial charge on any atom is -0.271 e. The standard InChI is InChI=1S/C21H24ClN3O3S/c1-15-10-12-18(13-11-15)29(27,28)25(20-9-5-8-19(22)16(20)2)14-21(26)24-23-17-6-3-4-7-17/h5,8-13H,3-4,6-7,14H2,1-2H3,(H,24,26). The molecule has 8 heteroatoms. The van der Waals surface area contributed by atoms with E-state index in [-0.39, 0.29) is 4.90 Å². The van der Waals surface area contributed by atoms with E-state index in [0.29, 0.717) is 16.3 Å². The highest BCUT2D eigenvalue weighted by Gasteiger charge is 2.28. The van der Waals surface area contributed by atoms with Gasteiger partial charge in [0.2, 0.25) is 0 Å². The van der Waals surface area contributed by atoms with Crippen LogP contribution in [-0.4, -0.2) is 26.6 Å². The topological polar surface area (TPSA) is 78.8 Å². The summed E-state index contributed by atoms with van der Waals surface area (Å²) in [4.78, 5) is 12.7. The molecule has 0 heterocycles. The second-order valence-electron chi connectivity index (χ2n) is 7.13. The highest BCUT2D eigenvalue weighted by Crippen LogP contribution is 2.30. The number of rotatable bonds is 6. The molecule has 1 aliphatic carbocycles. The Kier molecular flexibility index (Phi) is 6.59. The number of nitrogens with one attached hydrogen (secondary N) is 1. The Morgan fingerprint density at radius 2 is 1.76 bits per heavy atom. The molecular formula is C21H24ClN3O3S. The van der Waals surface area contributed by atoms with Gasteiger partial charge in [-0.2, -0.15) is 5.10 Å². The Hall–Kier alpha value is -2.38. The van der Waals surface area contributed by atoms with Gasteiger partial charge in [0.05, 0.1) is 10.6 Å². The fourth-order valence-corrected chi connectivity index (χ4v) is 4.85. The van der Waals surface area contributed by atoms with Gasteiger partial charge in [-0.1, -0.05) is 35.4 Å². The van der Waals surface area contributed by atoms with E-state index in [0.717, 1.165) is 41.3 Å². The van der Waals surface area contributed by atoms with E-state index < -0.39 is 22.5 Å². The first-order valence-corrected chi connectivity index (χ1v) is 11.3. The van der Waals surface area contributed by atoms with Gasteiger partial charge in [0.25, 0.3) is 15.9 Å². The number of sulfonamides is 1. The molecule has 0 aromatic heterocycles. The molecule has 0 atom stereocenters. The number of hydrogen-bond donors (Lipinski definition) is 1. The number of aryl methyl sites for hydroxylation is 1. The number of anilines is 1. The lowest BCUT2D eigenvalue weighted by atomic mass is 10.2. The molecule has 1 aliphatic rings. The van der Waals surface area contributed by atoms with Gasteiger partial charge in [-0.25, -0.2) is 13.8 Å². The maximum atomic E-state index is 13.4. The summed E-state index contributed by atoms with van der Waals surface area (Å²) >= 11 is 6.21. The van der Waals surface area contributed by atoms with E-state index in [1.807, 2.05) is 6.92 Å². The molecule has 2 aromatic rings. The van der Waals surface area contributed by atoms with Crippen LogP contribution in [0, 0.1) is 13.8 Å². The molecule has 0 unspecified atom stereocenters. The molecule has 0 radical (unpaired) electrons. The number of amides is 1. The maximum Gasteiger partial charge on any atom is 0.264 e. The van der Waals surface area contributed by atoms with Crippen LogP contribution >= 0.6 is 11.6 Å². The van der Waals surface area contributed by atoms with Gasteiger partial charge in [-0.3, -0.25) is 9.10 Å². The average Bonchev–Trinajstić information content (AvgIpc) is 3.21. The van der Waals surface area contributed by atoms with E-state index in [2.05, 4.69) is 10.5 Å². The number of benzene rings is 2. The van der Waals surface area contributed by atoms with Crippen LogP contribution in [0.2, 0.25) is 5.02 Å². The molecule has 6 nitrogen and oxygen atoms in total. The molecule has 0 saturated heterocycles. The van der Waals surface area contributed by atoms with Crippen LogP contribution in [0.3, 0.4) is 0 Å². The molecule has 3 rings (SSSR count). The number of hydrogen-bond acceptors (Lipinski definition) is 4. The first-order valence-electron chi connectivity index (χ1n) is 9.48. The van der Waals surface area contributed by atoms with Crippen molar-refractivity contribution in [2.24, 2.45) is 5.10 Å². The maximum absolute atomic E-state index is 13.4. The molecule has 0 aliphatic heterocycles. The summed E-state index contributed by atoms with van der Waals surface area (Å²) in [5.74, 6) is -0.500. The first-order chi connectivity index (χ1) is 13.8. The Labute approximate surface area is 176 Å². The van der Waals surface area contributed by atoms with Crippen molar-refractivity contribution in [1.82, 2.24) is 5.43 Å². The highest BCUT2D eigenvalue weighted by atomic mass is 35.5. The van der Waals surface area contributed by atoms with Crippen LogP contribution in [-0.2, 0) is 14.8 Å². The summed E-state index contributed by atoms with van der Waals surface area (Å²) in [7, 11) is -3.98. The van der Waals surface area contributed by atoms with Crippen LogP contribution in [0.15, 0.2) is 52.5 Å². The monoisotopic (exact) mass is 433 g/mol. The number of nitrogens with zero attached hydrogens (tertiary/aromatic N) is 2. The highest BCUT2D eigenvalue weighted by molar-refractivity contribution is 7.92. The normalized spacial score (nSPS) is 14.0. The zero-order chi connectivity index (χ0) is 21.0. The van der Waals surface area contributed by atoms with Crippen molar-refractivity contribution in [2.45, 2.75) is 44.4 Å². The van der Waals surface area contributed by atoms with Gasteiger partial charge < -0.3 is 0 Å².